The molecular weight excluding hydrogens is 262 g/mol. The maximum Gasteiger partial charge on any atom is 0.208 e. The zero-order valence-corrected chi connectivity index (χ0v) is 12.8. The molecule has 1 aromatic rings. The zero-order valence-electron chi connectivity index (χ0n) is 12.0. The second-order valence-corrected chi connectivity index (χ2v) is 6.88. The minimum absolute atomic E-state index is 0.127. The van der Waals surface area contributed by atoms with Crippen molar-refractivity contribution in [2.75, 3.05) is 19.3 Å². The van der Waals surface area contributed by atoms with Gasteiger partial charge in [-0.3, -0.25) is 4.98 Å². The van der Waals surface area contributed by atoms with E-state index in [1.165, 1.54) is 0 Å². The van der Waals surface area contributed by atoms with E-state index in [0.29, 0.717) is 19.0 Å². The molecule has 0 aliphatic carbocycles. The number of hydrogen-bond acceptors (Lipinski definition) is 4. The highest BCUT2D eigenvalue weighted by atomic mass is 32.2. The first-order chi connectivity index (χ1) is 8.81. The number of rotatable bonds is 7. The van der Waals surface area contributed by atoms with Gasteiger partial charge in [0, 0.05) is 19.3 Å². The van der Waals surface area contributed by atoms with Crippen molar-refractivity contribution in [3.8, 4) is 0 Å². The van der Waals surface area contributed by atoms with Gasteiger partial charge in [0.25, 0.3) is 0 Å². The van der Waals surface area contributed by atoms with Gasteiger partial charge in [-0.1, -0.05) is 19.9 Å². The van der Waals surface area contributed by atoms with Crippen LogP contribution in [0.15, 0.2) is 18.3 Å². The lowest BCUT2D eigenvalue weighted by atomic mass is 9.97. The van der Waals surface area contributed by atoms with Crippen molar-refractivity contribution in [2.45, 2.75) is 26.8 Å². The Bertz CT molecular complexity index is 500. The van der Waals surface area contributed by atoms with Crippen LogP contribution < -0.4 is 10.0 Å². The van der Waals surface area contributed by atoms with Crippen LogP contribution in [0.3, 0.4) is 0 Å². The summed E-state index contributed by atoms with van der Waals surface area (Å²) in [7, 11) is -3.12. The van der Waals surface area contributed by atoms with Crippen LogP contribution in [0.5, 0.6) is 0 Å². The molecule has 0 saturated heterocycles. The highest BCUT2D eigenvalue weighted by molar-refractivity contribution is 7.88. The number of nitrogens with zero attached hydrogens (tertiary/aromatic N) is 1. The van der Waals surface area contributed by atoms with Crippen LogP contribution in [0.2, 0.25) is 0 Å². The zero-order chi connectivity index (χ0) is 14.5. The third-order valence-corrected chi connectivity index (χ3v) is 3.59. The Morgan fingerprint density at radius 3 is 2.53 bits per heavy atom. The summed E-state index contributed by atoms with van der Waals surface area (Å²) in [6.45, 7) is 7.24. The number of aromatic nitrogens is 1. The molecule has 0 spiro atoms. The molecule has 0 fully saturated rings. The molecule has 0 radical (unpaired) electrons. The van der Waals surface area contributed by atoms with Crippen LogP contribution >= 0.6 is 0 Å². The van der Waals surface area contributed by atoms with Crippen molar-refractivity contribution in [3.05, 3.63) is 29.6 Å². The molecule has 6 heteroatoms. The van der Waals surface area contributed by atoms with Crippen molar-refractivity contribution in [2.24, 2.45) is 5.92 Å². The van der Waals surface area contributed by atoms with Gasteiger partial charge in [0.05, 0.1) is 18.0 Å². The molecule has 0 bridgehead atoms. The Morgan fingerprint density at radius 1 is 1.32 bits per heavy atom. The van der Waals surface area contributed by atoms with Gasteiger partial charge in [-0.2, -0.15) is 0 Å². The van der Waals surface area contributed by atoms with E-state index >= 15 is 0 Å². The molecule has 19 heavy (non-hydrogen) atoms. The third-order valence-electron chi connectivity index (χ3n) is 2.86. The second-order valence-electron chi connectivity index (χ2n) is 5.05. The van der Waals surface area contributed by atoms with E-state index in [9.17, 15) is 8.42 Å². The number of pyridine rings is 1. The lowest BCUT2D eigenvalue weighted by Gasteiger charge is -2.23. The first-order valence-corrected chi connectivity index (χ1v) is 8.30. The van der Waals surface area contributed by atoms with Gasteiger partial charge in [0.2, 0.25) is 10.0 Å². The molecule has 0 amide bonds. The minimum Gasteiger partial charge on any atom is -0.307 e. The highest BCUT2D eigenvalue weighted by Gasteiger charge is 2.18. The monoisotopic (exact) mass is 285 g/mol. The standard InChI is InChI=1S/C13H23N3O2S/c1-10(2)12(13-11(3)6-5-7-14-13)15-8-9-16-19(4,17)18/h5-7,10,12,15-16H,8-9H2,1-4H3/t12-/m0/s1. The fraction of sp³-hybridized carbons (Fsp3) is 0.615. The largest absolute Gasteiger partial charge is 0.307 e. The van der Waals surface area contributed by atoms with Gasteiger partial charge in [-0.15, -0.1) is 0 Å². The van der Waals surface area contributed by atoms with Crippen LogP contribution in [0.25, 0.3) is 0 Å². The van der Waals surface area contributed by atoms with Crippen molar-refractivity contribution in [3.63, 3.8) is 0 Å². The highest BCUT2D eigenvalue weighted by Crippen LogP contribution is 2.21. The van der Waals surface area contributed by atoms with Gasteiger partial charge in [-0.25, -0.2) is 13.1 Å². The molecule has 108 valence electrons. The lowest BCUT2D eigenvalue weighted by molar-refractivity contribution is 0.404. The average Bonchev–Trinajstić information content (AvgIpc) is 2.29. The first-order valence-electron chi connectivity index (χ1n) is 6.41. The van der Waals surface area contributed by atoms with Crippen LogP contribution in [0.4, 0.5) is 0 Å². The number of sulfonamides is 1. The molecule has 1 atom stereocenters. The van der Waals surface area contributed by atoms with E-state index < -0.39 is 10.0 Å². The Labute approximate surface area is 115 Å². The topological polar surface area (TPSA) is 71.1 Å². The number of hydrogen-bond donors (Lipinski definition) is 2. The normalized spacial score (nSPS) is 13.7. The van der Waals surface area contributed by atoms with E-state index in [0.717, 1.165) is 17.5 Å². The fourth-order valence-electron chi connectivity index (χ4n) is 1.94. The smallest absolute Gasteiger partial charge is 0.208 e. The number of aryl methyl sites for hydroxylation is 1. The predicted molar refractivity (Wildman–Crippen MR) is 77.4 cm³/mol. The lowest BCUT2D eigenvalue weighted by Crippen LogP contribution is -2.35. The molecule has 1 rings (SSSR count). The minimum atomic E-state index is -3.12. The molecule has 1 heterocycles. The van der Waals surface area contributed by atoms with Gasteiger partial charge in [0.15, 0.2) is 0 Å². The van der Waals surface area contributed by atoms with Crippen LogP contribution in [0.1, 0.15) is 31.1 Å². The summed E-state index contributed by atoms with van der Waals surface area (Å²) in [5, 5.41) is 3.36. The molecule has 0 aliphatic heterocycles. The van der Waals surface area contributed by atoms with Gasteiger partial charge < -0.3 is 5.32 Å². The maximum atomic E-state index is 11.0. The van der Waals surface area contributed by atoms with E-state index in [2.05, 4.69) is 28.9 Å². The first kappa shape index (κ1) is 16.1. The molecule has 0 aliphatic rings. The second kappa shape index (κ2) is 6.98. The average molecular weight is 285 g/mol. The Morgan fingerprint density at radius 2 is 2.00 bits per heavy atom. The molecule has 1 aromatic heterocycles. The quantitative estimate of drug-likeness (QED) is 0.739. The van der Waals surface area contributed by atoms with Gasteiger partial charge in [0.1, 0.15) is 0 Å². The van der Waals surface area contributed by atoms with Crippen molar-refractivity contribution < 1.29 is 8.42 Å². The van der Waals surface area contributed by atoms with Crippen molar-refractivity contribution in [1.29, 1.82) is 0 Å². The van der Waals surface area contributed by atoms with Crippen molar-refractivity contribution in [1.82, 2.24) is 15.0 Å². The molecular formula is C13H23N3O2S. The fourth-order valence-corrected chi connectivity index (χ4v) is 2.41. The SMILES string of the molecule is Cc1cccnc1[C@@H](NCCNS(C)(=O)=O)C(C)C. The number of nitrogens with one attached hydrogen (secondary N) is 2. The summed E-state index contributed by atoms with van der Waals surface area (Å²) in [4.78, 5) is 4.43. The molecule has 0 saturated carbocycles. The molecule has 5 nitrogen and oxygen atoms in total. The summed E-state index contributed by atoms with van der Waals surface area (Å²) in [5.41, 5.74) is 2.17. The summed E-state index contributed by atoms with van der Waals surface area (Å²) < 4.78 is 24.4. The predicted octanol–water partition coefficient (Wildman–Crippen LogP) is 1.23. The maximum absolute atomic E-state index is 11.0. The van der Waals surface area contributed by atoms with E-state index in [1.807, 2.05) is 19.1 Å². The third kappa shape index (κ3) is 5.67. The molecule has 0 unspecified atom stereocenters. The van der Waals surface area contributed by atoms with E-state index in [-0.39, 0.29) is 6.04 Å². The molecule has 2 N–H and O–H groups in total. The molecule has 0 aromatic carbocycles. The Balaban J connectivity index is 2.63. The van der Waals surface area contributed by atoms with Crippen LogP contribution in [0, 0.1) is 12.8 Å². The van der Waals surface area contributed by atoms with Gasteiger partial charge in [-0.05, 0) is 24.5 Å². The summed E-state index contributed by atoms with van der Waals surface area (Å²) >= 11 is 0. The summed E-state index contributed by atoms with van der Waals surface area (Å²) in [5.74, 6) is 0.381. The van der Waals surface area contributed by atoms with Crippen molar-refractivity contribution >= 4 is 10.0 Å². The van der Waals surface area contributed by atoms with E-state index in [1.54, 1.807) is 6.20 Å². The summed E-state index contributed by atoms with van der Waals surface area (Å²) in [6, 6.07) is 4.08. The Hall–Kier alpha value is -0.980. The Kier molecular flexibility index (Phi) is 5.90. The van der Waals surface area contributed by atoms with E-state index in [4.69, 9.17) is 0 Å². The van der Waals surface area contributed by atoms with Crippen LogP contribution in [-0.2, 0) is 10.0 Å². The summed E-state index contributed by atoms with van der Waals surface area (Å²) in [6.07, 6.45) is 2.95. The van der Waals surface area contributed by atoms with Crippen LogP contribution in [-0.4, -0.2) is 32.7 Å². The van der Waals surface area contributed by atoms with Gasteiger partial charge >= 0.3 is 0 Å².